The smallest absolute Gasteiger partial charge is 0.00199 e. The second kappa shape index (κ2) is 9.72. The molecule has 8 rings (SSSR count). The third-order valence-corrected chi connectivity index (χ3v) is 8.93. The lowest BCUT2D eigenvalue weighted by Gasteiger charge is -2.20. The van der Waals surface area contributed by atoms with Gasteiger partial charge in [0.25, 0.3) is 0 Å². The zero-order valence-corrected chi connectivity index (χ0v) is 23.9. The standard InChI is InChI=1S/C42H30/c1-27-13-3-5-15-31(27)39-26-30(24-23-28(39)2)41-35-19-9-11-21-37(35)42(38-22-12-10-20-36(38)41)40-25-29-14-4-6-16-32(29)33-17-7-8-18-34(33)40/h3-26H,1-2H3. The molecule has 0 amide bonds. The highest BCUT2D eigenvalue weighted by Crippen LogP contribution is 2.47. The van der Waals surface area contributed by atoms with Gasteiger partial charge in [0.15, 0.2) is 0 Å². The maximum atomic E-state index is 2.40. The summed E-state index contributed by atoms with van der Waals surface area (Å²) >= 11 is 0. The van der Waals surface area contributed by atoms with E-state index in [0.717, 1.165) is 0 Å². The third-order valence-electron chi connectivity index (χ3n) is 8.93. The first-order chi connectivity index (χ1) is 20.7. The van der Waals surface area contributed by atoms with Gasteiger partial charge in [-0.15, -0.1) is 0 Å². The van der Waals surface area contributed by atoms with Crippen molar-refractivity contribution in [3.05, 3.63) is 157 Å². The molecule has 0 N–H and O–H groups in total. The summed E-state index contributed by atoms with van der Waals surface area (Å²) in [5, 5.41) is 10.3. The van der Waals surface area contributed by atoms with E-state index in [1.807, 2.05) is 0 Å². The molecule has 8 aromatic carbocycles. The van der Waals surface area contributed by atoms with Gasteiger partial charge in [0.1, 0.15) is 0 Å². The average molecular weight is 535 g/mol. The van der Waals surface area contributed by atoms with Crippen LogP contribution in [0.3, 0.4) is 0 Å². The van der Waals surface area contributed by atoms with Gasteiger partial charge in [-0.05, 0) is 114 Å². The van der Waals surface area contributed by atoms with E-state index in [-0.39, 0.29) is 0 Å². The Bertz CT molecular complexity index is 2260. The van der Waals surface area contributed by atoms with E-state index in [4.69, 9.17) is 0 Å². The normalized spacial score (nSPS) is 11.6. The molecule has 42 heavy (non-hydrogen) atoms. The van der Waals surface area contributed by atoms with E-state index in [9.17, 15) is 0 Å². The fourth-order valence-corrected chi connectivity index (χ4v) is 6.93. The number of benzene rings is 8. The van der Waals surface area contributed by atoms with Crippen molar-refractivity contribution in [3.8, 4) is 33.4 Å². The van der Waals surface area contributed by atoms with E-state index in [2.05, 4.69) is 159 Å². The predicted molar refractivity (Wildman–Crippen MR) is 182 cm³/mol. The molecule has 0 aliphatic heterocycles. The van der Waals surface area contributed by atoms with Gasteiger partial charge in [0.2, 0.25) is 0 Å². The summed E-state index contributed by atoms with van der Waals surface area (Å²) in [7, 11) is 0. The fourth-order valence-electron chi connectivity index (χ4n) is 6.93. The van der Waals surface area contributed by atoms with Crippen molar-refractivity contribution in [2.24, 2.45) is 0 Å². The van der Waals surface area contributed by atoms with Crippen LogP contribution in [0.25, 0.3) is 76.5 Å². The Kier molecular flexibility index (Phi) is 5.69. The van der Waals surface area contributed by atoms with E-state index in [0.29, 0.717) is 0 Å². The van der Waals surface area contributed by atoms with E-state index < -0.39 is 0 Å². The molecule has 0 spiro atoms. The Balaban J connectivity index is 1.50. The summed E-state index contributed by atoms with van der Waals surface area (Å²) in [4.78, 5) is 0. The summed E-state index contributed by atoms with van der Waals surface area (Å²) < 4.78 is 0. The molecule has 0 aromatic heterocycles. The summed E-state index contributed by atoms with van der Waals surface area (Å²) in [5.41, 5.74) is 10.3. The van der Waals surface area contributed by atoms with E-state index >= 15 is 0 Å². The van der Waals surface area contributed by atoms with Crippen molar-refractivity contribution in [2.75, 3.05) is 0 Å². The second-order valence-electron chi connectivity index (χ2n) is 11.4. The molecule has 0 heteroatoms. The zero-order valence-electron chi connectivity index (χ0n) is 23.9. The lowest BCUT2D eigenvalue weighted by molar-refractivity contribution is 1.41. The predicted octanol–water partition coefficient (Wildman–Crippen LogP) is 11.9. The lowest BCUT2D eigenvalue weighted by Crippen LogP contribution is -1.93. The van der Waals surface area contributed by atoms with Crippen LogP contribution in [0, 0.1) is 13.8 Å². The first-order valence-electron chi connectivity index (χ1n) is 14.7. The van der Waals surface area contributed by atoms with Gasteiger partial charge in [0, 0.05) is 0 Å². The van der Waals surface area contributed by atoms with Gasteiger partial charge in [-0.2, -0.15) is 0 Å². The Hall–Kier alpha value is -5.20. The number of rotatable bonds is 3. The van der Waals surface area contributed by atoms with Crippen LogP contribution in [0.2, 0.25) is 0 Å². The monoisotopic (exact) mass is 534 g/mol. The maximum absolute atomic E-state index is 2.40. The minimum atomic E-state index is 1.25. The third kappa shape index (κ3) is 3.76. The summed E-state index contributed by atoms with van der Waals surface area (Å²) in [6.07, 6.45) is 0. The maximum Gasteiger partial charge on any atom is -0.00199 e. The number of fused-ring (bicyclic) bond motifs is 5. The molecule has 0 bridgehead atoms. The molecule has 0 atom stereocenters. The highest BCUT2D eigenvalue weighted by atomic mass is 14.2. The van der Waals surface area contributed by atoms with Gasteiger partial charge in [-0.3, -0.25) is 0 Å². The van der Waals surface area contributed by atoms with E-state index in [1.165, 1.54) is 87.6 Å². The molecule has 0 unspecified atom stereocenters. The fraction of sp³-hybridized carbons (Fsp3) is 0.0476. The Morgan fingerprint density at radius 3 is 1.48 bits per heavy atom. The first kappa shape index (κ1) is 24.6. The highest BCUT2D eigenvalue weighted by Gasteiger charge is 2.19. The second-order valence-corrected chi connectivity index (χ2v) is 11.4. The topological polar surface area (TPSA) is 0 Å². The Morgan fingerprint density at radius 1 is 0.310 bits per heavy atom. The first-order valence-corrected chi connectivity index (χ1v) is 14.7. The minimum absolute atomic E-state index is 1.25. The largest absolute Gasteiger partial charge is 0.0620 e. The molecule has 0 saturated heterocycles. The Morgan fingerprint density at radius 2 is 0.810 bits per heavy atom. The van der Waals surface area contributed by atoms with Crippen molar-refractivity contribution >= 4 is 43.1 Å². The zero-order chi connectivity index (χ0) is 28.2. The Labute approximate surface area is 246 Å². The molecule has 8 aromatic rings. The van der Waals surface area contributed by atoms with Crippen LogP contribution < -0.4 is 0 Å². The molecule has 0 fully saturated rings. The van der Waals surface area contributed by atoms with Crippen LogP contribution in [0.1, 0.15) is 11.1 Å². The average Bonchev–Trinajstić information content (AvgIpc) is 3.04. The molecule has 0 radical (unpaired) electrons. The van der Waals surface area contributed by atoms with Gasteiger partial charge in [-0.1, -0.05) is 133 Å². The van der Waals surface area contributed by atoms with Crippen LogP contribution in [-0.2, 0) is 0 Å². The SMILES string of the molecule is Cc1ccccc1-c1cc(-c2c3ccccc3c(-c3cc4ccccc4c4ccccc34)c3ccccc23)ccc1C. The number of aryl methyl sites for hydroxylation is 2. The van der Waals surface area contributed by atoms with Gasteiger partial charge >= 0.3 is 0 Å². The van der Waals surface area contributed by atoms with Crippen LogP contribution >= 0.6 is 0 Å². The van der Waals surface area contributed by atoms with Crippen LogP contribution in [0.5, 0.6) is 0 Å². The molecule has 0 aliphatic rings. The summed E-state index contributed by atoms with van der Waals surface area (Å²) in [6, 6.07) is 53.7. The van der Waals surface area contributed by atoms with Gasteiger partial charge < -0.3 is 0 Å². The molecular formula is C42H30. The molecule has 0 nitrogen and oxygen atoms in total. The quantitative estimate of drug-likeness (QED) is 0.156. The van der Waals surface area contributed by atoms with Crippen molar-refractivity contribution in [1.29, 1.82) is 0 Å². The van der Waals surface area contributed by atoms with Crippen LogP contribution in [0.4, 0.5) is 0 Å². The van der Waals surface area contributed by atoms with Crippen molar-refractivity contribution < 1.29 is 0 Å². The summed E-state index contributed by atoms with van der Waals surface area (Å²) in [5.74, 6) is 0. The van der Waals surface area contributed by atoms with Gasteiger partial charge in [-0.25, -0.2) is 0 Å². The minimum Gasteiger partial charge on any atom is -0.0620 e. The van der Waals surface area contributed by atoms with Crippen molar-refractivity contribution in [1.82, 2.24) is 0 Å². The van der Waals surface area contributed by atoms with Crippen molar-refractivity contribution in [2.45, 2.75) is 13.8 Å². The van der Waals surface area contributed by atoms with Crippen LogP contribution in [-0.4, -0.2) is 0 Å². The molecular weight excluding hydrogens is 504 g/mol. The highest BCUT2D eigenvalue weighted by molar-refractivity contribution is 6.25. The lowest BCUT2D eigenvalue weighted by atomic mass is 9.83. The molecule has 198 valence electrons. The van der Waals surface area contributed by atoms with Crippen molar-refractivity contribution in [3.63, 3.8) is 0 Å². The summed E-state index contributed by atoms with van der Waals surface area (Å²) in [6.45, 7) is 4.42. The van der Waals surface area contributed by atoms with E-state index in [1.54, 1.807) is 0 Å². The number of hydrogen-bond donors (Lipinski definition) is 0. The molecule has 0 saturated carbocycles. The van der Waals surface area contributed by atoms with Crippen LogP contribution in [0.15, 0.2) is 146 Å². The number of hydrogen-bond acceptors (Lipinski definition) is 0. The van der Waals surface area contributed by atoms with Gasteiger partial charge in [0.05, 0.1) is 0 Å². The molecule has 0 heterocycles. The molecule has 0 aliphatic carbocycles.